The summed E-state index contributed by atoms with van der Waals surface area (Å²) in [5.41, 5.74) is 2.33. The highest BCUT2D eigenvalue weighted by atomic mass is 32.1. The van der Waals surface area contributed by atoms with Crippen molar-refractivity contribution in [2.24, 2.45) is 0 Å². The van der Waals surface area contributed by atoms with E-state index in [2.05, 4.69) is 5.32 Å². The average Bonchev–Trinajstić information content (AvgIpc) is 3.40. The van der Waals surface area contributed by atoms with Gasteiger partial charge in [-0.3, -0.25) is 14.5 Å². The molecular formula is C21H20N4O2S2. The van der Waals surface area contributed by atoms with E-state index in [1.165, 1.54) is 4.90 Å². The molecule has 1 aromatic carbocycles. The summed E-state index contributed by atoms with van der Waals surface area (Å²) in [4.78, 5) is 29.3. The summed E-state index contributed by atoms with van der Waals surface area (Å²) in [5, 5.41) is 6.40. The van der Waals surface area contributed by atoms with Gasteiger partial charge in [-0.2, -0.15) is 0 Å². The Hall–Kier alpha value is -2.97. The van der Waals surface area contributed by atoms with Gasteiger partial charge in [0.25, 0.3) is 5.91 Å². The molecule has 3 heterocycles. The predicted octanol–water partition coefficient (Wildman–Crippen LogP) is 3.05. The molecule has 29 heavy (non-hydrogen) atoms. The molecule has 0 atom stereocenters. The minimum atomic E-state index is -0.136. The average molecular weight is 425 g/mol. The number of nitrogens with one attached hydrogen (secondary N) is 1. The zero-order valence-corrected chi connectivity index (χ0v) is 17.7. The van der Waals surface area contributed by atoms with Crippen molar-refractivity contribution in [3.05, 3.63) is 64.1 Å². The Balaban J connectivity index is 1.62. The van der Waals surface area contributed by atoms with Crippen molar-refractivity contribution in [3.63, 3.8) is 0 Å². The molecule has 3 aromatic rings. The van der Waals surface area contributed by atoms with Crippen LogP contribution in [0.3, 0.4) is 0 Å². The molecular weight excluding hydrogens is 404 g/mol. The summed E-state index contributed by atoms with van der Waals surface area (Å²) in [5.74, 6) is -0.198. The van der Waals surface area contributed by atoms with Gasteiger partial charge in [-0.15, -0.1) is 11.3 Å². The molecule has 1 saturated heterocycles. The van der Waals surface area contributed by atoms with Crippen molar-refractivity contribution in [2.45, 2.75) is 13.1 Å². The Morgan fingerprint density at radius 1 is 1.17 bits per heavy atom. The number of benzene rings is 1. The van der Waals surface area contributed by atoms with E-state index in [1.807, 2.05) is 58.6 Å². The largest absolute Gasteiger partial charge is 0.350 e. The number of aromatic nitrogens is 1. The molecule has 0 unspecified atom stereocenters. The lowest BCUT2D eigenvalue weighted by Gasteiger charge is -2.10. The predicted molar refractivity (Wildman–Crippen MR) is 119 cm³/mol. The lowest BCUT2D eigenvalue weighted by molar-refractivity contribution is -0.122. The summed E-state index contributed by atoms with van der Waals surface area (Å²) in [6, 6.07) is 11.8. The zero-order chi connectivity index (χ0) is 20.5. The number of hydrogen-bond donors (Lipinski definition) is 1. The van der Waals surface area contributed by atoms with Gasteiger partial charge in [0.2, 0.25) is 5.91 Å². The van der Waals surface area contributed by atoms with Crippen LogP contribution in [0.25, 0.3) is 17.0 Å². The number of rotatable bonds is 5. The second-order valence-electron chi connectivity index (χ2n) is 6.82. The highest BCUT2D eigenvalue weighted by Crippen LogP contribution is 2.27. The van der Waals surface area contributed by atoms with E-state index in [9.17, 15) is 9.59 Å². The van der Waals surface area contributed by atoms with Gasteiger partial charge in [-0.1, -0.05) is 24.3 Å². The molecule has 2 aromatic heterocycles. The fraction of sp³-hybridized carbons (Fsp3) is 0.190. The van der Waals surface area contributed by atoms with E-state index < -0.39 is 0 Å². The second-order valence-corrected chi connectivity index (χ2v) is 8.22. The van der Waals surface area contributed by atoms with Gasteiger partial charge in [0.15, 0.2) is 5.11 Å². The zero-order valence-electron chi connectivity index (χ0n) is 16.1. The highest BCUT2D eigenvalue weighted by molar-refractivity contribution is 7.80. The minimum absolute atomic E-state index is 0.0617. The molecule has 1 aliphatic heterocycles. The first kappa shape index (κ1) is 19.4. The van der Waals surface area contributed by atoms with Crippen LogP contribution < -0.4 is 5.32 Å². The normalized spacial score (nSPS) is 15.7. The molecule has 0 bridgehead atoms. The summed E-state index contributed by atoms with van der Waals surface area (Å²) in [7, 11) is 3.45. The third-order valence-corrected chi connectivity index (χ3v) is 6.35. The standard InChI is InChI=1S/C21H20N4O2S2/c1-23-18(20(27)24(2)21(23)28)10-14-12-25(17-8-4-3-7-16(14)17)13-19(26)22-11-15-6-5-9-29-15/h3-10,12H,11,13H2,1-2H3,(H,22,26)/b18-10-. The first-order valence-corrected chi connectivity index (χ1v) is 10.4. The highest BCUT2D eigenvalue weighted by Gasteiger charge is 2.32. The Kier molecular flexibility index (Phi) is 5.21. The second kappa shape index (κ2) is 7.81. The number of amides is 2. The fourth-order valence-electron chi connectivity index (χ4n) is 3.37. The number of carbonyl (C=O) groups excluding carboxylic acids is 2. The molecule has 4 rings (SSSR count). The lowest BCUT2D eigenvalue weighted by Crippen LogP contribution is -2.26. The summed E-state index contributed by atoms with van der Waals surface area (Å²) >= 11 is 6.90. The van der Waals surface area contributed by atoms with Crippen LogP contribution in [0.1, 0.15) is 10.4 Å². The van der Waals surface area contributed by atoms with E-state index in [4.69, 9.17) is 12.2 Å². The van der Waals surface area contributed by atoms with Crippen LogP contribution in [0.5, 0.6) is 0 Å². The Labute approximate surface area is 178 Å². The summed E-state index contributed by atoms with van der Waals surface area (Å²) < 4.78 is 1.91. The topological polar surface area (TPSA) is 57.6 Å². The first-order chi connectivity index (χ1) is 14.0. The maximum Gasteiger partial charge on any atom is 0.276 e. The van der Waals surface area contributed by atoms with Gasteiger partial charge in [0.1, 0.15) is 12.2 Å². The lowest BCUT2D eigenvalue weighted by atomic mass is 10.1. The number of likely N-dealkylation sites (N-methyl/N-ethyl adjacent to an activating group) is 2. The maximum absolute atomic E-state index is 12.5. The van der Waals surface area contributed by atoms with Crippen LogP contribution in [0, 0.1) is 0 Å². The number of fused-ring (bicyclic) bond motifs is 1. The molecule has 1 fully saturated rings. The SMILES string of the molecule is CN1C(=O)/C(=C/c2cn(CC(=O)NCc3cccs3)c3ccccc23)N(C)C1=S. The molecule has 0 spiro atoms. The van der Waals surface area contributed by atoms with Crippen molar-refractivity contribution in [1.82, 2.24) is 19.7 Å². The van der Waals surface area contributed by atoms with Crippen LogP contribution in [0.4, 0.5) is 0 Å². The van der Waals surface area contributed by atoms with E-state index in [1.54, 1.807) is 30.3 Å². The number of hydrogen-bond acceptors (Lipinski definition) is 4. The van der Waals surface area contributed by atoms with Gasteiger partial charge in [-0.25, -0.2) is 0 Å². The number of thiocarbonyl (C=S) groups is 1. The molecule has 0 radical (unpaired) electrons. The van der Waals surface area contributed by atoms with Crippen molar-refractivity contribution in [1.29, 1.82) is 0 Å². The molecule has 148 valence electrons. The quantitative estimate of drug-likeness (QED) is 0.505. The molecule has 1 aliphatic rings. The molecule has 0 aliphatic carbocycles. The van der Waals surface area contributed by atoms with E-state index in [0.29, 0.717) is 17.4 Å². The van der Waals surface area contributed by atoms with E-state index in [-0.39, 0.29) is 18.4 Å². The molecule has 1 N–H and O–H groups in total. The van der Waals surface area contributed by atoms with Crippen molar-refractivity contribution >= 4 is 57.5 Å². The fourth-order valence-corrected chi connectivity index (χ4v) is 4.19. The summed E-state index contributed by atoms with van der Waals surface area (Å²) in [6.07, 6.45) is 3.74. The van der Waals surface area contributed by atoms with Crippen molar-refractivity contribution in [3.8, 4) is 0 Å². The Morgan fingerprint density at radius 2 is 1.97 bits per heavy atom. The van der Waals surface area contributed by atoms with Gasteiger partial charge < -0.3 is 14.8 Å². The third kappa shape index (κ3) is 3.68. The monoisotopic (exact) mass is 424 g/mol. The molecule has 0 saturated carbocycles. The minimum Gasteiger partial charge on any atom is -0.350 e. The van der Waals surface area contributed by atoms with E-state index >= 15 is 0 Å². The Morgan fingerprint density at radius 3 is 2.66 bits per heavy atom. The van der Waals surface area contributed by atoms with Crippen LogP contribution in [-0.2, 0) is 22.7 Å². The number of carbonyl (C=O) groups is 2. The van der Waals surface area contributed by atoms with E-state index in [0.717, 1.165) is 21.3 Å². The smallest absolute Gasteiger partial charge is 0.276 e. The molecule has 8 heteroatoms. The number of nitrogens with zero attached hydrogens (tertiary/aromatic N) is 3. The van der Waals surface area contributed by atoms with Crippen molar-refractivity contribution in [2.75, 3.05) is 14.1 Å². The Bertz CT molecular complexity index is 1130. The van der Waals surface area contributed by atoms with Gasteiger partial charge >= 0.3 is 0 Å². The third-order valence-electron chi connectivity index (χ3n) is 4.92. The van der Waals surface area contributed by atoms with Gasteiger partial charge in [0.05, 0.1) is 6.54 Å². The van der Waals surface area contributed by atoms with Crippen LogP contribution >= 0.6 is 23.6 Å². The summed E-state index contributed by atoms with van der Waals surface area (Å²) in [6.45, 7) is 0.729. The van der Waals surface area contributed by atoms with Crippen molar-refractivity contribution < 1.29 is 9.59 Å². The van der Waals surface area contributed by atoms with Crippen LogP contribution in [-0.4, -0.2) is 45.4 Å². The molecule has 6 nitrogen and oxygen atoms in total. The maximum atomic E-state index is 12.5. The van der Waals surface area contributed by atoms with Crippen LogP contribution in [0.15, 0.2) is 53.7 Å². The van der Waals surface area contributed by atoms with Gasteiger partial charge in [-0.05, 0) is 35.8 Å². The van der Waals surface area contributed by atoms with Crippen LogP contribution in [0.2, 0.25) is 0 Å². The molecule has 2 amide bonds. The first-order valence-electron chi connectivity index (χ1n) is 9.10. The van der Waals surface area contributed by atoms with Gasteiger partial charge in [0, 0.05) is 41.6 Å². The number of thiophene rings is 1. The number of para-hydroxylation sites is 1.